The zero-order chi connectivity index (χ0) is 18.0. The number of amides is 1. The number of hydrogen-bond acceptors (Lipinski definition) is 3. The van der Waals surface area contributed by atoms with E-state index in [1.54, 1.807) is 0 Å². The fourth-order valence-electron chi connectivity index (χ4n) is 4.36. The summed E-state index contributed by atoms with van der Waals surface area (Å²) in [6, 6.07) is 10.3. The lowest BCUT2D eigenvalue weighted by atomic mass is 9.98. The van der Waals surface area contributed by atoms with E-state index in [-0.39, 0.29) is 30.7 Å². The zero-order valence-electron chi connectivity index (χ0n) is 17.0. The van der Waals surface area contributed by atoms with Crippen LogP contribution in [0.1, 0.15) is 62.4 Å². The van der Waals surface area contributed by atoms with Gasteiger partial charge in [-0.05, 0) is 63.8 Å². The Balaban J connectivity index is 0.00000182. The number of carbonyl (C=O) groups excluding carboxylic acids is 1. The van der Waals surface area contributed by atoms with E-state index in [4.69, 9.17) is 0 Å². The molecule has 0 aliphatic carbocycles. The van der Waals surface area contributed by atoms with Crippen molar-refractivity contribution in [3.63, 3.8) is 0 Å². The smallest absolute Gasteiger partial charge is 0.253 e. The summed E-state index contributed by atoms with van der Waals surface area (Å²) in [5.74, 6) is 0.161. The second-order valence-electron chi connectivity index (χ2n) is 8.03. The molecule has 0 saturated carbocycles. The van der Waals surface area contributed by atoms with Gasteiger partial charge in [-0.2, -0.15) is 0 Å². The lowest BCUT2D eigenvalue weighted by molar-refractivity contribution is 0.0681. The first-order valence-corrected chi connectivity index (χ1v) is 9.84. The van der Waals surface area contributed by atoms with Gasteiger partial charge in [-0.15, -0.1) is 24.8 Å². The molecule has 2 bridgehead atoms. The quantitative estimate of drug-likeness (QED) is 0.758. The predicted octanol–water partition coefficient (Wildman–Crippen LogP) is 4.12. The van der Waals surface area contributed by atoms with Crippen molar-refractivity contribution in [2.75, 3.05) is 13.6 Å². The Kier molecular flexibility index (Phi) is 9.56. The molecule has 2 aliphatic heterocycles. The maximum Gasteiger partial charge on any atom is 0.253 e. The third kappa shape index (κ3) is 5.83. The molecule has 27 heavy (non-hydrogen) atoms. The van der Waals surface area contributed by atoms with Crippen LogP contribution in [0.2, 0.25) is 0 Å². The maximum atomic E-state index is 12.9. The van der Waals surface area contributed by atoms with E-state index in [0.29, 0.717) is 24.2 Å². The fourth-order valence-corrected chi connectivity index (χ4v) is 4.36. The van der Waals surface area contributed by atoms with Gasteiger partial charge in [-0.1, -0.05) is 19.1 Å². The van der Waals surface area contributed by atoms with Crippen molar-refractivity contribution >= 4 is 30.7 Å². The van der Waals surface area contributed by atoms with Crippen molar-refractivity contribution in [2.45, 2.75) is 77.2 Å². The highest BCUT2D eigenvalue weighted by molar-refractivity contribution is 5.94. The van der Waals surface area contributed by atoms with Crippen molar-refractivity contribution in [3.05, 3.63) is 35.4 Å². The van der Waals surface area contributed by atoms with E-state index in [0.717, 1.165) is 31.5 Å². The SMILES string of the molecule is CCN(Cc1ccc(C(=O)N(C)C2CC3CCC(C2)N3)cc1)C(C)C.Cl.Cl. The van der Waals surface area contributed by atoms with Gasteiger partial charge in [0, 0.05) is 43.3 Å². The van der Waals surface area contributed by atoms with Gasteiger partial charge in [0.15, 0.2) is 0 Å². The van der Waals surface area contributed by atoms with Gasteiger partial charge in [-0.25, -0.2) is 0 Å². The second kappa shape index (κ2) is 10.7. The van der Waals surface area contributed by atoms with E-state index < -0.39 is 0 Å². The lowest BCUT2D eigenvalue weighted by Crippen LogP contribution is -2.48. The first-order valence-electron chi connectivity index (χ1n) is 9.84. The number of halogens is 2. The number of fused-ring (bicyclic) bond motifs is 2. The van der Waals surface area contributed by atoms with Gasteiger partial charge in [0.1, 0.15) is 0 Å². The average molecular weight is 416 g/mol. The summed E-state index contributed by atoms with van der Waals surface area (Å²) >= 11 is 0. The van der Waals surface area contributed by atoms with Gasteiger partial charge in [-0.3, -0.25) is 9.69 Å². The molecule has 0 spiro atoms. The third-order valence-corrected chi connectivity index (χ3v) is 6.04. The molecule has 2 unspecified atom stereocenters. The van der Waals surface area contributed by atoms with E-state index >= 15 is 0 Å². The molecule has 0 radical (unpaired) electrons. The molecule has 2 aliphatic rings. The number of piperidine rings is 1. The van der Waals surface area contributed by atoms with Crippen molar-refractivity contribution in [1.29, 1.82) is 0 Å². The van der Waals surface area contributed by atoms with Gasteiger partial charge >= 0.3 is 0 Å². The number of carbonyl (C=O) groups is 1. The van der Waals surface area contributed by atoms with Crippen molar-refractivity contribution in [1.82, 2.24) is 15.1 Å². The number of rotatable bonds is 6. The number of nitrogens with one attached hydrogen (secondary N) is 1. The largest absolute Gasteiger partial charge is 0.339 e. The summed E-state index contributed by atoms with van der Waals surface area (Å²) in [5.41, 5.74) is 2.08. The Hall–Kier alpha value is -0.810. The molecule has 1 amide bonds. The molecule has 2 atom stereocenters. The topological polar surface area (TPSA) is 35.6 Å². The summed E-state index contributed by atoms with van der Waals surface area (Å²) < 4.78 is 0. The minimum absolute atomic E-state index is 0. The van der Waals surface area contributed by atoms with Crippen LogP contribution in [-0.4, -0.2) is 53.5 Å². The van der Waals surface area contributed by atoms with Crippen molar-refractivity contribution in [3.8, 4) is 0 Å². The Morgan fingerprint density at radius 3 is 2.15 bits per heavy atom. The van der Waals surface area contributed by atoms with Crippen molar-refractivity contribution < 1.29 is 4.79 Å². The van der Waals surface area contributed by atoms with Crippen LogP contribution in [0.25, 0.3) is 0 Å². The van der Waals surface area contributed by atoms with Gasteiger partial charge in [0.25, 0.3) is 5.91 Å². The summed E-state index contributed by atoms with van der Waals surface area (Å²) in [4.78, 5) is 17.3. The van der Waals surface area contributed by atoms with E-state index in [9.17, 15) is 4.79 Å². The lowest BCUT2D eigenvalue weighted by Gasteiger charge is -2.35. The van der Waals surface area contributed by atoms with Gasteiger partial charge in [0.05, 0.1) is 0 Å². The van der Waals surface area contributed by atoms with Crippen LogP contribution in [0.5, 0.6) is 0 Å². The summed E-state index contributed by atoms with van der Waals surface area (Å²) in [7, 11) is 1.98. The maximum absolute atomic E-state index is 12.9. The molecule has 1 N–H and O–H groups in total. The summed E-state index contributed by atoms with van der Waals surface area (Å²) in [5, 5.41) is 3.65. The Morgan fingerprint density at radius 2 is 1.67 bits per heavy atom. The van der Waals surface area contributed by atoms with E-state index in [1.165, 1.54) is 18.4 Å². The molecule has 2 saturated heterocycles. The molecular weight excluding hydrogens is 381 g/mol. The van der Waals surface area contributed by atoms with Crippen LogP contribution >= 0.6 is 24.8 Å². The fraction of sp³-hybridized carbons (Fsp3) is 0.667. The second-order valence-corrected chi connectivity index (χ2v) is 8.03. The minimum atomic E-state index is 0. The molecule has 0 aromatic heterocycles. The molecule has 4 nitrogen and oxygen atoms in total. The molecule has 6 heteroatoms. The van der Waals surface area contributed by atoms with Crippen LogP contribution in [0, 0.1) is 0 Å². The van der Waals surface area contributed by atoms with Crippen LogP contribution in [-0.2, 0) is 6.54 Å². The van der Waals surface area contributed by atoms with Crippen LogP contribution in [0.15, 0.2) is 24.3 Å². The molecule has 1 aromatic rings. The van der Waals surface area contributed by atoms with Crippen LogP contribution < -0.4 is 5.32 Å². The Labute approximate surface area is 176 Å². The van der Waals surface area contributed by atoms with E-state index in [1.807, 2.05) is 24.1 Å². The van der Waals surface area contributed by atoms with Crippen molar-refractivity contribution in [2.24, 2.45) is 0 Å². The Bertz CT molecular complexity index is 582. The number of nitrogens with zero attached hydrogens (tertiary/aromatic N) is 2. The molecule has 2 heterocycles. The van der Waals surface area contributed by atoms with E-state index in [2.05, 4.69) is 43.1 Å². The number of benzene rings is 1. The first-order chi connectivity index (χ1) is 12.0. The van der Waals surface area contributed by atoms with Gasteiger partial charge in [0.2, 0.25) is 0 Å². The third-order valence-electron chi connectivity index (χ3n) is 6.04. The predicted molar refractivity (Wildman–Crippen MR) is 117 cm³/mol. The molecule has 3 rings (SSSR count). The monoisotopic (exact) mass is 415 g/mol. The molecule has 154 valence electrons. The summed E-state index contributed by atoms with van der Waals surface area (Å²) in [6.45, 7) is 8.62. The highest BCUT2D eigenvalue weighted by Crippen LogP contribution is 2.29. The minimum Gasteiger partial charge on any atom is -0.339 e. The van der Waals surface area contributed by atoms with Crippen LogP contribution in [0.4, 0.5) is 0 Å². The van der Waals surface area contributed by atoms with Crippen LogP contribution in [0.3, 0.4) is 0 Å². The normalized spacial score (nSPS) is 23.7. The zero-order valence-corrected chi connectivity index (χ0v) is 18.6. The standard InChI is InChI=1S/C21H33N3O.2ClH/c1-5-24(15(2)3)14-16-6-8-17(9-7-16)21(25)23(4)20-12-18-10-11-19(13-20)22-18;;/h6-9,15,18-20,22H,5,10-14H2,1-4H3;2*1H. The molecule has 1 aromatic carbocycles. The van der Waals surface area contributed by atoms with Gasteiger partial charge < -0.3 is 10.2 Å². The Morgan fingerprint density at radius 1 is 1.11 bits per heavy atom. The number of hydrogen-bond donors (Lipinski definition) is 1. The molecular formula is C21H35Cl2N3O. The molecule has 2 fully saturated rings. The first kappa shape index (κ1) is 24.2. The average Bonchev–Trinajstić information content (AvgIpc) is 2.96. The highest BCUT2D eigenvalue weighted by atomic mass is 35.5. The highest BCUT2D eigenvalue weighted by Gasteiger charge is 2.36. The summed E-state index contributed by atoms with van der Waals surface area (Å²) in [6.07, 6.45) is 4.72.